The molecule has 0 radical (unpaired) electrons. The predicted octanol–water partition coefficient (Wildman–Crippen LogP) is 1.45. The number of nitrogens with one attached hydrogen (secondary N) is 2. The zero-order valence-electron chi connectivity index (χ0n) is 53.5. The van der Waals surface area contributed by atoms with Gasteiger partial charge in [0.15, 0.2) is 18.7 Å². The van der Waals surface area contributed by atoms with Crippen LogP contribution < -0.4 is 10.6 Å². The Morgan fingerprint density at radius 2 is 1.08 bits per heavy atom. The number of methoxy groups -OCH3 is 1. The molecule has 1 aliphatic heterocycles. The van der Waals surface area contributed by atoms with Gasteiger partial charge in [-0.05, 0) is 208 Å². The van der Waals surface area contributed by atoms with Crippen LogP contribution in [0.4, 0.5) is 0 Å². The molecule has 0 aromatic carbocycles. The molecule has 1 heterocycles. The summed E-state index contributed by atoms with van der Waals surface area (Å²) in [5.74, 6) is 0.382. The monoisotopic (exact) mass is 1250 g/mol. The van der Waals surface area contributed by atoms with Gasteiger partial charge in [-0.15, -0.1) is 0 Å². The van der Waals surface area contributed by atoms with Crippen LogP contribution in [0.15, 0.2) is 0 Å². The standard InChI is InChI=1S/C66H113N3O19/c1-33(39-12-14-41-52-43(30-48(76)65(39,41)5)63(3)20-18-37(71)26-35(63)28-45(52)73)10-16-50(78)67-22-8-24-69(25-9-23-68-60(85)56(82)55(81)59(47(75)32-70)87-62-58(84)54(80)57(83)61(86-7)88-62)51(79)17-11-34(2)40-13-15-42-53-44(31-49(77)66(40,42)6)64(4)21-19-38(72)27-36(64)29-46(53)74/h33-49,52-59,61-62,70-77,80-84H,8-32H2,1-7H3,(H,67,78)(H,68,85)/t33?,34?,35?,36?,37-,38-,39?,40?,41?,42?,43?,44?,45-,46-,47?,48+,49+,52?,53?,54?,55?,56?,57?,58?,59?,61?,62?,63+,64+,65-,66-/m1/s1. The maximum absolute atomic E-state index is 14.5. The number of nitrogens with zero attached hydrogens (tertiary/aromatic N) is 1. The summed E-state index contributed by atoms with van der Waals surface area (Å²) >= 11 is 0. The minimum Gasteiger partial charge on any atom is -0.394 e. The smallest absolute Gasteiger partial charge is 0.251 e. The highest BCUT2D eigenvalue weighted by molar-refractivity contribution is 5.81. The van der Waals surface area contributed by atoms with Crippen molar-refractivity contribution < 1.29 is 95.0 Å². The first-order valence-electron chi connectivity index (χ1n) is 34.0. The molecule has 88 heavy (non-hydrogen) atoms. The Morgan fingerprint density at radius 1 is 0.602 bits per heavy atom. The van der Waals surface area contributed by atoms with Crippen LogP contribution in [-0.2, 0) is 28.6 Å². The van der Waals surface area contributed by atoms with Crippen molar-refractivity contribution in [3.8, 4) is 0 Å². The Labute approximate surface area is 520 Å². The van der Waals surface area contributed by atoms with Crippen LogP contribution in [0.5, 0.6) is 0 Å². The molecule has 1 saturated heterocycles. The van der Waals surface area contributed by atoms with Crippen molar-refractivity contribution in [1.29, 1.82) is 0 Å². The number of aliphatic hydroxyl groups excluding tert-OH is 13. The van der Waals surface area contributed by atoms with Crippen molar-refractivity contribution in [2.45, 2.75) is 262 Å². The normalized spacial score (nSPS) is 45.8. The third kappa shape index (κ3) is 13.3. The molecule has 22 nitrogen and oxygen atoms in total. The summed E-state index contributed by atoms with van der Waals surface area (Å²) in [6.45, 7) is 13.0. The van der Waals surface area contributed by atoms with Crippen LogP contribution >= 0.6 is 0 Å². The molecule has 0 aromatic heterocycles. The van der Waals surface area contributed by atoms with Gasteiger partial charge in [-0.2, -0.15) is 0 Å². The number of carbonyl (C=O) groups excluding carboxylic acids is 3. The molecule has 9 fully saturated rings. The van der Waals surface area contributed by atoms with Gasteiger partial charge in [0.2, 0.25) is 11.8 Å². The first kappa shape index (κ1) is 70.1. The van der Waals surface area contributed by atoms with E-state index in [9.17, 15) is 80.8 Å². The lowest BCUT2D eigenvalue weighted by atomic mass is 9.43. The first-order chi connectivity index (χ1) is 41.6. The van der Waals surface area contributed by atoms with E-state index in [0.717, 1.165) is 58.5 Å². The SMILES string of the molecule is COC1OC(OC(C(O)CO)C(O)C(O)C(=O)NCCCN(CCCNC(=O)CCC(C)C2CCC3C4C(C[C@H](O)[C@]23C)[C@@]2(C)CC[C@@H](O)CC2C[C@H]4O)C(=O)CCC(C)C2CCC3C4C(C[C@H](O)[C@]23C)[C@@]2(C)CC[C@@H](O)CC2C[C@H]4O)C(O)C(O)C1O. The number of hydrogen-bond donors (Lipinski definition) is 15. The molecule has 8 aliphatic carbocycles. The van der Waals surface area contributed by atoms with Crippen molar-refractivity contribution >= 4 is 17.7 Å². The van der Waals surface area contributed by atoms with Crippen molar-refractivity contribution in [1.82, 2.24) is 15.5 Å². The lowest BCUT2D eigenvalue weighted by Crippen LogP contribution is -2.62. The third-order valence-corrected chi connectivity index (χ3v) is 26.4. The van der Waals surface area contributed by atoms with E-state index >= 15 is 0 Å². The Bertz CT molecular complexity index is 2340. The van der Waals surface area contributed by atoms with Crippen LogP contribution in [0, 0.1) is 92.7 Å². The van der Waals surface area contributed by atoms with Crippen LogP contribution in [-0.4, -0.2) is 221 Å². The zero-order valence-corrected chi connectivity index (χ0v) is 53.5. The van der Waals surface area contributed by atoms with E-state index in [1.54, 1.807) is 4.90 Å². The summed E-state index contributed by atoms with van der Waals surface area (Å²) in [6.07, 6.45) is -6.78. The minimum absolute atomic E-state index is 0.0221. The second kappa shape index (κ2) is 28.4. The van der Waals surface area contributed by atoms with Crippen LogP contribution in [0.1, 0.15) is 170 Å². The highest BCUT2D eigenvalue weighted by atomic mass is 16.8. The summed E-state index contributed by atoms with van der Waals surface area (Å²) in [5, 5.41) is 148. The van der Waals surface area contributed by atoms with Crippen LogP contribution in [0.2, 0.25) is 0 Å². The second-order valence-corrected chi connectivity index (χ2v) is 30.7. The second-order valence-electron chi connectivity index (χ2n) is 30.7. The largest absolute Gasteiger partial charge is 0.394 e. The van der Waals surface area contributed by atoms with Crippen molar-refractivity contribution in [3.63, 3.8) is 0 Å². The van der Waals surface area contributed by atoms with E-state index in [0.29, 0.717) is 64.3 Å². The fraction of sp³-hybridized carbons (Fsp3) is 0.955. The summed E-state index contributed by atoms with van der Waals surface area (Å²) in [5.41, 5.74) is -0.927. The van der Waals surface area contributed by atoms with E-state index in [4.69, 9.17) is 14.2 Å². The van der Waals surface area contributed by atoms with E-state index < -0.39 is 97.7 Å². The molecular weight excluding hydrogens is 1140 g/mol. The van der Waals surface area contributed by atoms with Crippen molar-refractivity contribution in [2.75, 3.05) is 39.9 Å². The first-order valence-corrected chi connectivity index (χ1v) is 34.0. The molecule has 21 unspecified atom stereocenters. The van der Waals surface area contributed by atoms with Gasteiger partial charge < -0.3 is 96.1 Å². The molecule has 0 bridgehead atoms. The number of carbonyl (C=O) groups is 3. The fourth-order valence-electron chi connectivity index (χ4n) is 21.2. The van der Waals surface area contributed by atoms with Gasteiger partial charge in [0, 0.05) is 46.1 Å². The summed E-state index contributed by atoms with van der Waals surface area (Å²) in [6, 6.07) is 0. The maximum Gasteiger partial charge on any atom is 0.251 e. The molecular formula is C66H113N3O19. The Balaban J connectivity index is 0.796. The molecule has 31 atom stereocenters. The molecule has 0 spiro atoms. The fourth-order valence-corrected chi connectivity index (χ4v) is 21.2. The minimum atomic E-state index is -2.25. The number of fused-ring (bicyclic) bond motifs is 10. The third-order valence-electron chi connectivity index (χ3n) is 26.4. The van der Waals surface area contributed by atoms with Crippen LogP contribution in [0.3, 0.4) is 0 Å². The van der Waals surface area contributed by atoms with E-state index in [1.165, 1.54) is 0 Å². The highest BCUT2D eigenvalue weighted by Gasteiger charge is 2.68. The molecule has 0 aromatic rings. The Morgan fingerprint density at radius 3 is 1.57 bits per heavy atom. The average molecular weight is 1250 g/mol. The molecule has 22 heteroatoms. The highest BCUT2D eigenvalue weighted by Crippen LogP contribution is 2.70. The number of rotatable bonds is 24. The average Bonchev–Trinajstić information content (AvgIpc) is 1.33. The number of aliphatic hydroxyl groups is 13. The number of amides is 3. The summed E-state index contributed by atoms with van der Waals surface area (Å²) in [4.78, 5) is 43.1. The van der Waals surface area contributed by atoms with E-state index in [2.05, 4.69) is 52.2 Å². The van der Waals surface area contributed by atoms with Gasteiger partial charge in [0.1, 0.15) is 36.6 Å². The van der Waals surface area contributed by atoms with Gasteiger partial charge in [-0.1, -0.05) is 41.5 Å². The van der Waals surface area contributed by atoms with Gasteiger partial charge in [-0.3, -0.25) is 14.4 Å². The van der Waals surface area contributed by atoms with Crippen LogP contribution in [0.25, 0.3) is 0 Å². The van der Waals surface area contributed by atoms with E-state index in [1.807, 2.05) is 0 Å². The zero-order chi connectivity index (χ0) is 64.1. The van der Waals surface area contributed by atoms with Gasteiger partial charge in [0.05, 0.1) is 43.2 Å². The van der Waals surface area contributed by atoms with E-state index in [-0.39, 0.29) is 150 Å². The topological polar surface area (TPSA) is 369 Å². The lowest BCUT2D eigenvalue weighted by Gasteiger charge is -2.63. The maximum atomic E-state index is 14.5. The summed E-state index contributed by atoms with van der Waals surface area (Å²) in [7, 11) is 1.15. The lowest BCUT2D eigenvalue weighted by molar-refractivity contribution is -0.362. The number of ether oxygens (including phenoxy) is 3. The van der Waals surface area contributed by atoms with Gasteiger partial charge in [0.25, 0.3) is 5.91 Å². The molecule has 9 aliphatic rings. The van der Waals surface area contributed by atoms with Gasteiger partial charge >= 0.3 is 0 Å². The van der Waals surface area contributed by atoms with Crippen molar-refractivity contribution in [2.24, 2.45) is 92.7 Å². The number of hydrogen-bond acceptors (Lipinski definition) is 19. The summed E-state index contributed by atoms with van der Waals surface area (Å²) < 4.78 is 15.8. The molecule has 15 N–H and O–H groups in total. The Hall–Kier alpha value is -2.23. The molecule has 506 valence electrons. The quantitative estimate of drug-likeness (QED) is 0.0608. The predicted molar refractivity (Wildman–Crippen MR) is 320 cm³/mol. The van der Waals surface area contributed by atoms with Gasteiger partial charge in [-0.25, -0.2) is 0 Å². The molecule has 3 amide bonds. The Kier molecular flexibility index (Phi) is 22.6. The molecule has 9 rings (SSSR count). The van der Waals surface area contributed by atoms with Crippen molar-refractivity contribution in [3.05, 3.63) is 0 Å². The molecule has 8 saturated carbocycles.